The summed E-state index contributed by atoms with van der Waals surface area (Å²) in [6.07, 6.45) is 2.28. The van der Waals surface area contributed by atoms with Crippen molar-refractivity contribution in [1.82, 2.24) is 9.88 Å². The fourth-order valence-corrected chi connectivity index (χ4v) is 3.83. The van der Waals surface area contributed by atoms with Gasteiger partial charge in [0, 0.05) is 12.0 Å². The van der Waals surface area contributed by atoms with Crippen molar-refractivity contribution in [2.24, 2.45) is 0 Å². The molecule has 1 heterocycles. The lowest BCUT2D eigenvalue weighted by Gasteiger charge is -2.32. The molecule has 98 valence electrons. The lowest BCUT2D eigenvalue weighted by Crippen LogP contribution is -2.36. The van der Waals surface area contributed by atoms with E-state index >= 15 is 0 Å². The third-order valence-corrected chi connectivity index (χ3v) is 5.00. The molecular weight excluding hydrogens is 240 g/mol. The Hall–Kier alpha value is -0.930. The van der Waals surface area contributed by atoms with Crippen molar-refractivity contribution in [3.63, 3.8) is 0 Å². The van der Waals surface area contributed by atoms with E-state index in [4.69, 9.17) is 4.98 Å². The first kappa shape index (κ1) is 13.5. The van der Waals surface area contributed by atoms with Crippen molar-refractivity contribution in [3.8, 4) is 0 Å². The Kier molecular flexibility index (Phi) is 4.03. The predicted molar refractivity (Wildman–Crippen MR) is 80.4 cm³/mol. The van der Waals surface area contributed by atoms with Crippen LogP contribution in [0.1, 0.15) is 31.7 Å². The molecule has 0 fully saturated rings. The molecule has 0 aliphatic carbocycles. The van der Waals surface area contributed by atoms with Gasteiger partial charge in [0.05, 0.1) is 10.2 Å². The van der Waals surface area contributed by atoms with E-state index in [0.29, 0.717) is 0 Å². The van der Waals surface area contributed by atoms with E-state index in [9.17, 15) is 0 Å². The van der Waals surface area contributed by atoms with Gasteiger partial charge in [-0.25, -0.2) is 4.98 Å². The molecule has 0 amide bonds. The number of hydrogen-bond acceptors (Lipinski definition) is 3. The molecular formula is C15H22N2S. The number of rotatable bonds is 5. The SMILES string of the molecule is CCC(CC)(CN(C)C)c1nc2ccccc2s1. The van der Waals surface area contributed by atoms with E-state index < -0.39 is 0 Å². The third kappa shape index (κ3) is 2.43. The van der Waals surface area contributed by atoms with Gasteiger partial charge in [-0.05, 0) is 39.1 Å². The zero-order valence-electron chi connectivity index (χ0n) is 11.7. The highest BCUT2D eigenvalue weighted by atomic mass is 32.1. The monoisotopic (exact) mass is 262 g/mol. The minimum atomic E-state index is 0.202. The van der Waals surface area contributed by atoms with Crippen LogP contribution in [0.4, 0.5) is 0 Å². The number of nitrogens with zero attached hydrogens (tertiary/aromatic N) is 2. The Morgan fingerprint density at radius 3 is 2.39 bits per heavy atom. The number of fused-ring (bicyclic) bond motifs is 1. The van der Waals surface area contributed by atoms with Gasteiger partial charge in [-0.1, -0.05) is 26.0 Å². The van der Waals surface area contributed by atoms with Crippen LogP contribution in [0, 0.1) is 0 Å². The second kappa shape index (κ2) is 5.37. The largest absolute Gasteiger partial charge is 0.308 e. The highest BCUT2D eigenvalue weighted by Crippen LogP contribution is 2.37. The molecule has 0 aliphatic rings. The maximum Gasteiger partial charge on any atom is 0.101 e. The van der Waals surface area contributed by atoms with Crippen molar-refractivity contribution in [2.45, 2.75) is 32.1 Å². The van der Waals surface area contributed by atoms with E-state index in [1.807, 2.05) is 11.3 Å². The summed E-state index contributed by atoms with van der Waals surface area (Å²) in [4.78, 5) is 7.15. The topological polar surface area (TPSA) is 16.1 Å². The van der Waals surface area contributed by atoms with Crippen LogP contribution in [0.25, 0.3) is 10.2 Å². The Balaban J connectivity index is 2.47. The molecule has 0 radical (unpaired) electrons. The van der Waals surface area contributed by atoms with Gasteiger partial charge >= 0.3 is 0 Å². The van der Waals surface area contributed by atoms with Crippen molar-refractivity contribution in [1.29, 1.82) is 0 Å². The lowest BCUT2D eigenvalue weighted by atomic mass is 9.82. The van der Waals surface area contributed by atoms with E-state index in [0.717, 1.165) is 24.9 Å². The summed E-state index contributed by atoms with van der Waals surface area (Å²) in [5.74, 6) is 0. The molecule has 1 aromatic heterocycles. The number of benzene rings is 1. The minimum Gasteiger partial charge on any atom is -0.308 e. The molecule has 0 spiro atoms. The number of likely N-dealkylation sites (N-methyl/N-ethyl adjacent to an activating group) is 1. The van der Waals surface area contributed by atoms with Crippen LogP contribution in [0.2, 0.25) is 0 Å². The van der Waals surface area contributed by atoms with Crippen LogP contribution in [0.5, 0.6) is 0 Å². The summed E-state index contributed by atoms with van der Waals surface area (Å²) in [5.41, 5.74) is 1.34. The Morgan fingerprint density at radius 1 is 1.17 bits per heavy atom. The predicted octanol–water partition coefficient (Wildman–Crippen LogP) is 3.92. The fourth-order valence-electron chi connectivity index (χ4n) is 2.55. The Bertz CT molecular complexity index is 479. The van der Waals surface area contributed by atoms with Gasteiger partial charge in [-0.3, -0.25) is 0 Å². The zero-order valence-corrected chi connectivity index (χ0v) is 12.5. The normalized spacial score (nSPS) is 12.5. The van der Waals surface area contributed by atoms with Gasteiger partial charge in [0.15, 0.2) is 0 Å². The molecule has 0 N–H and O–H groups in total. The highest BCUT2D eigenvalue weighted by Gasteiger charge is 2.32. The first-order chi connectivity index (χ1) is 8.61. The molecule has 0 saturated heterocycles. The van der Waals surface area contributed by atoms with Crippen LogP contribution in [-0.4, -0.2) is 30.5 Å². The van der Waals surface area contributed by atoms with E-state index in [1.54, 1.807) is 0 Å². The van der Waals surface area contributed by atoms with Gasteiger partial charge < -0.3 is 4.90 Å². The van der Waals surface area contributed by atoms with Crippen LogP contribution < -0.4 is 0 Å². The second-order valence-corrected chi connectivity index (χ2v) is 6.24. The minimum absolute atomic E-state index is 0.202. The summed E-state index contributed by atoms with van der Waals surface area (Å²) in [6.45, 7) is 5.62. The van der Waals surface area contributed by atoms with E-state index in [2.05, 4.69) is 57.1 Å². The van der Waals surface area contributed by atoms with Crippen LogP contribution in [-0.2, 0) is 5.41 Å². The van der Waals surface area contributed by atoms with E-state index in [1.165, 1.54) is 9.71 Å². The molecule has 2 nitrogen and oxygen atoms in total. The van der Waals surface area contributed by atoms with Crippen molar-refractivity contribution < 1.29 is 0 Å². The third-order valence-electron chi connectivity index (χ3n) is 3.72. The highest BCUT2D eigenvalue weighted by molar-refractivity contribution is 7.18. The van der Waals surface area contributed by atoms with E-state index in [-0.39, 0.29) is 5.41 Å². The lowest BCUT2D eigenvalue weighted by molar-refractivity contribution is 0.264. The summed E-state index contributed by atoms with van der Waals surface area (Å²) < 4.78 is 1.30. The van der Waals surface area contributed by atoms with Crippen molar-refractivity contribution >= 4 is 21.6 Å². The quantitative estimate of drug-likeness (QED) is 0.812. The van der Waals surface area contributed by atoms with Gasteiger partial charge in [-0.2, -0.15) is 0 Å². The average molecular weight is 262 g/mol. The first-order valence-corrected chi connectivity index (χ1v) is 7.43. The maximum absolute atomic E-state index is 4.87. The smallest absolute Gasteiger partial charge is 0.101 e. The first-order valence-electron chi connectivity index (χ1n) is 6.62. The van der Waals surface area contributed by atoms with Gasteiger partial charge in [-0.15, -0.1) is 11.3 Å². The zero-order chi connectivity index (χ0) is 13.2. The second-order valence-electron chi connectivity index (χ2n) is 5.21. The Morgan fingerprint density at radius 2 is 1.83 bits per heavy atom. The average Bonchev–Trinajstić information content (AvgIpc) is 2.79. The Labute approximate surface area is 114 Å². The molecule has 2 rings (SSSR count). The maximum atomic E-state index is 4.87. The summed E-state index contributed by atoms with van der Waals surface area (Å²) in [7, 11) is 4.29. The molecule has 0 bridgehead atoms. The van der Waals surface area contributed by atoms with Crippen LogP contribution in [0.3, 0.4) is 0 Å². The van der Waals surface area contributed by atoms with Gasteiger partial charge in [0.25, 0.3) is 0 Å². The van der Waals surface area contributed by atoms with Gasteiger partial charge in [0.2, 0.25) is 0 Å². The summed E-state index contributed by atoms with van der Waals surface area (Å²) in [6, 6.07) is 8.44. The molecule has 18 heavy (non-hydrogen) atoms. The molecule has 3 heteroatoms. The number of aromatic nitrogens is 1. The summed E-state index contributed by atoms with van der Waals surface area (Å²) in [5, 5.41) is 1.29. The number of para-hydroxylation sites is 1. The molecule has 2 aromatic rings. The van der Waals surface area contributed by atoms with Gasteiger partial charge in [0.1, 0.15) is 5.01 Å². The molecule has 0 aliphatic heterocycles. The molecule has 0 saturated carbocycles. The molecule has 0 atom stereocenters. The fraction of sp³-hybridized carbons (Fsp3) is 0.533. The number of thiazole rings is 1. The molecule has 1 aromatic carbocycles. The van der Waals surface area contributed by atoms with Crippen molar-refractivity contribution in [3.05, 3.63) is 29.3 Å². The number of hydrogen-bond donors (Lipinski definition) is 0. The van der Waals surface area contributed by atoms with Crippen LogP contribution >= 0.6 is 11.3 Å². The summed E-state index contributed by atoms with van der Waals surface area (Å²) >= 11 is 1.86. The molecule has 0 unspecified atom stereocenters. The standard InChI is InChI=1S/C15H22N2S/c1-5-15(6-2,11-17(3)4)14-16-12-9-7-8-10-13(12)18-14/h7-10H,5-6,11H2,1-4H3. The van der Waals surface area contributed by atoms with Crippen molar-refractivity contribution in [2.75, 3.05) is 20.6 Å². The van der Waals surface area contributed by atoms with Crippen LogP contribution in [0.15, 0.2) is 24.3 Å².